The molecule has 0 spiro atoms. The topological polar surface area (TPSA) is 101 Å². The third-order valence-corrected chi connectivity index (χ3v) is 2.62. The molecular formula is C9H8N4O3. The van der Waals surface area contributed by atoms with Crippen molar-refractivity contribution in [3.8, 4) is 0 Å². The number of nitrogens with one attached hydrogen (secondary N) is 2. The zero-order valence-electron chi connectivity index (χ0n) is 8.19. The van der Waals surface area contributed by atoms with E-state index in [0.717, 1.165) is 12.8 Å². The summed E-state index contributed by atoms with van der Waals surface area (Å²) < 4.78 is 1.46. The van der Waals surface area contributed by atoms with Gasteiger partial charge in [-0.25, -0.2) is 9.78 Å². The minimum Gasteiger partial charge on any atom is -0.301 e. The molecule has 1 aliphatic rings. The van der Waals surface area contributed by atoms with Crippen LogP contribution in [0.5, 0.6) is 0 Å². The number of H-pyrrole nitrogens is 2. The molecule has 7 heteroatoms. The van der Waals surface area contributed by atoms with Crippen molar-refractivity contribution in [2.24, 2.45) is 0 Å². The Labute approximate surface area is 87.8 Å². The molecule has 0 radical (unpaired) electrons. The van der Waals surface area contributed by atoms with Gasteiger partial charge in [-0.05, 0) is 12.8 Å². The van der Waals surface area contributed by atoms with E-state index in [0.29, 0.717) is 0 Å². The van der Waals surface area contributed by atoms with E-state index in [4.69, 9.17) is 0 Å². The molecule has 0 atom stereocenters. The van der Waals surface area contributed by atoms with Gasteiger partial charge in [-0.15, -0.1) is 0 Å². The molecule has 2 aromatic heterocycles. The number of rotatable bonds is 1. The van der Waals surface area contributed by atoms with Gasteiger partial charge in [0.05, 0.1) is 6.33 Å². The molecule has 82 valence electrons. The maximum atomic E-state index is 11.9. The first-order valence-corrected chi connectivity index (χ1v) is 4.90. The Morgan fingerprint density at radius 3 is 2.69 bits per heavy atom. The molecule has 3 rings (SSSR count). The van der Waals surface area contributed by atoms with E-state index in [1.54, 1.807) is 0 Å². The van der Waals surface area contributed by atoms with Gasteiger partial charge in [-0.2, -0.15) is 0 Å². The highest BCUT2D eigenvalue weighted by Crippen LogP contribution is 2.32. The van der Waals surface area contributed by atoms with Gasteiger partial charge in [0.25, 0.3) is 11.1 Å². The Morgan fingerprint density at radius 1 is 1.25 bits per heavy atom. The van der Waals surface area contributed by atoms with Crippen LogP contribution >= 0.6 is 0 Å². The lowest BCUT2D eigenvalue weighted by molar-refractivity contribution is 0.694. The van der Waals surface area contributed by atoms with E-state index in [1.165, 1.54) is 10.9 Å². The lowest BCUT2D eigenvalue weighted by Crippen LogP contribution is -2.29. The summed E-state index contributed by atoms with van der Waals surface area (Å²) in [5.41, 5.74) is -1.75. The van der Waals surface area contributed by atoms with Crippen LogP contribution in [0, 0.1) is 0 Å². The van der Waals surface area contributed by atoms with Crippen molar-refractivity contribution < 1.29 is 0 Å². The van der Waals surface area contributed by atoms with E-state index in [2.05, 4.69) is 9.97 Å². The number of fused-ring (bicyclic) bond motifs is 1. The molecule has 2 aromatic rings. The fraction of sp³-hybridized carbons (Fsp3) is 0.333. The molecular weight excluding hydrogens is 212 g/mol. The van der Waals surface area contributed by atoms with Crippen LogP contribution in [-0.4, -0.2) is 19.5 Å². The summed E-state index contributed by atoms with van der Waals surface area (Å²) in [6.45, 7) is 0. The summed E-state index contributed by atoms with van der Waals surface area (Å²) in [5, 5.41) is 0. The Kier molecular flexibility index (Phi) is 1.65. The molecule has 0 aliphatic heterocycles. The maximum Gasteiger partial charge on any atom is 0.326 e. The standard InChI is InChI=1S/C9H8N4O3/c14-7-5-6(11-9(16)12-7)8(15)13(3-10-5)4-1-2-4/h3-4H,1-2H2,(H2,11,12,14,16). The van der Waals surface area contributed by atoms with Crippen molar-refractivity contribution in [2.45, 2.75) is 18.9 Å². The normalized spacial score (nSPS) is 15.5. The largest absolute Gasteiger partial charge is 0.326 e. The SMILES string of the molecule is O=c1[nH]c(=O)c2ncn(C3CC3)c(=O)c2[nH]1. The summed E-state index contributed by atoms with van der Waals surface area (Å²) >= 11 is 0. The van der Waals surface area contributed by atoms with E-state index < -0.39 is 11.2 Å². The highest BCUT2D eigenvalue weighted by atomic mass is 16.2. The van der Waals surface area contributed by atoms with Crippen LogP contribution in [-0.2, 0) is 0 Å². The zero-order chi connectivity index (χ0) is 11.3. The van der Waals surface area contributed by atoms with Crippen LogP contribution in [0.3, 0.4) is 0 Å². The smallest absolute Gasteiger partial charge is 0.301 e. The third-order valence-electron chi connectivity index (χ3n) is 2.62. The van der Waals surface area contributed by atoms with Gasteiger partial charge in [0, 0.05) is 6.04 Å². The molecule has 1 fully saturated rings. The van der Waals surface area contributed by atoms with Gasteiger partial charge in [0.2, 0.25) is 0 Å². The lowest BCUT2D eigenvalue weighted by atomic mass is 10.4. The average Bonchev–Trinajstić information content (AvgIpc) is 3.03. The average molecular weight is 220 g/mol. The lowest BCUT2D eigenvalue weighted by Gasteiger charge is -2.02. The third kappa shape index (κ3) is 1.21. The molecule has 2 N–H and O–H groups in total. The predicted molar refractivity (Wildman–Crippen MR) is 55.5 cm³/mol. The fourth-order valence-corrected chi connectivity index (χ4v) is 1.67. The van der Waals surface area contributed by atoms with Gasteiger partial charge < -0.3 is 4.98 Å². The molecule has 0 aromatic carbocycles. The quantitative estimate of drug-likeness (QED) is 0.650. The second kappa shape index (κ2) is 2.91. The first kappa shape index (κ1) is 9.08. The molecule has 1 saturated carbocycles. The van der Waals surface area contributed by atoms with E-state index >= 15 is 0 Å². The van der Waals surface area contributed by atoms with Crippen LogP contribution in [0.1, 0.15) is 18.9 Å². The minimum absolute atomic E-state index is 0.0249. The van der Waals surface area contributed by atoms with Crippen molar-refractivity contribution in [1.29, 1.82) is 0 Å². The minimum atomic E-state index is -0.690. The number of nitrogens with zero attached hydrogens (tertiary/aromatic N) is 2. The van der Waals surface area contributed by atoms with Gasteiger partial charge >= 0.3 is 5.69 Å². The molecule has 2 heterocycles. The second-order valence-electron chi connectivity index (χ2n) is 3.82. The van der Waals surface area contributed by atoms with Gasteiger partial charge in [0.15, 0.2) is 5.52 Å². The first-order valence-electron chi connectivity index (χ1n) is 4.90. The summed E-state index contributed by atoms with van der Waals surface area (Å²) in [5.74, 6) is 0. The van der Waals surface area contributed by atoms with Gasteiger partial charge in [0.1, 0.15) is 5.52 Å². The summed E-state index contributed by atoms with van der Waals surface area (Å²) in [4.78, 5) is 42.6. The van der Waals surface area contributed by atoms with Crippen LogP contribution in [0.2, 0.25) is 0 Å². The summed E-state index contributed by atoms with van der Waals surface area (Å²) in [6, 6.07) is 0.159. The molecule has 7 nitrogen and oxygen atoms in total. The Bertz CT molecular complexity index is 735. The van der Waals surface area contributed by atoms with Gasteiger partial charge in [-0.3, -0.25) is 19.1 Å². The number of hydrogen-bond donors (Lipinski definition) is 2. The second-order valence-corrected chi connectivity index (χ2v) is 3.82. The Hall–Kier alpha value is -2.18. The van der Waals surface area contributed by atoms with Crippen molar-refractivity contribution >= 4 is 11.0 Å². The van der Waals surface area contributed by atoms with Gasteiger partial charge in [-0.1, -0.05) is 0 Å². The number of aromatic nitrogens is 4. The Balaban J connectivity index is 2.48. The van der Waals surface area contributed by atoms with Crippen molar-refractivity contribution in [3.63, 3.8) is 0 Å². The predicted octanol–water partition coefficient (Wildman–Crippen LogP) is -0.892. The van der Waals surface area contributed by atoms with E-state index in [-0.39, 0.29) is 22.6 Å². The molecule has 0 saturated heterocycles. The monoisotopic (exact) mass is 220 g/mol. The molecule has 16 heavy (non-hydrogen) atoms. The molecule has 0 amide bonds. The highest BCUT2D eigenvalue weighted by molar-refractivity contribution is 5.70. The zero-order valence-corrected chi connectivity index (χ0v) is 8.19. The van der Waals surface area contributed by atoms with Crippen molar-refractivity contribution in [1.82, 2.24) is 19.5 Å². The van der Waals surface area contributed by atoms with Crippen LogP contribution in [0.4, 0.5) is 0 Å². The van der Waals surface area contributed by atoms with Crippen LogP contribution in [0.25, 0.3) is 11.0 Å². The summed E-state index contributed by atoms with van der Waals surface area (Å²) in [7, 11) is 0. The maximum absolute atomic E-state index is 11.9. The summed E-state index contributed by atoms with van der Waals surface area (Å²) in [6.07, 6.45) is 3.22. The highest BCUT2D eigenvalue weighted by Gasteiger charge is 2.25. The van der Waals surface area contributed by atoms with E-state index in [1.807, 2.05) is 4.98 Å². The van der Waals surface area contributed by atoms with Crippen molar-refractivity contribution in [2.75, 3.05) is 0 Å². The Morgan fingerprint density at radius 2 is 2.00 bits per heavy atom. The first-order chi connectivity index (χ1) is 7.66. The van der Waals surface area contributed by atoms with E-state index in [9.17, 15) is 14.4 Å². The number of aromatic amines is 2. The van der Waals surface area contributed by atoms with Crippen LogP contribution < -0.4 is 16.8 Å². The molecule has 0 bridgehead atoms. The molecule has 0 unspecified atom stereocenters. The number of hydrogen-bond acceptors (Lipinski definition) is 4. The fourth-order valence-electron chi connectivity index (χ4n) is 1.67. The molecule has 1 aliphatic carbocycles. The van der Waals surface area contributed by atoms with Crippen LogP contribution in [0.15, 0.2) is 20.7 Å². The van der Waals surface area contributed by atoms with Crippen molar-refractivity contribution in [3.05, 3.63) is 37.5 Å².